The van der Waals surface area contributed by atoms with Gasteiger partial charge in [0.1, 0.15) is 11.6 Å². The lowest BCUT2D eigenvalue weighted by Crippen LogP contribution is -2.33. The van der Waals surface area contributed by atoms with Crippen LogP contribution in [0.4, 0.5) is 24.8 Å². The molecule has 194 valence electrons. The molecule has 5 rings (SSSR count). The van der Waals surface area contributed by atoms with Crippen LogP contribution in [0.2, 0.25) is 0 Å². The van der Waals surface area contributed by atoms with Crippen molar-refractivity contribution in [2.45, 2.75) is 69.2 Å². The smallest absolute Gasteiger partial charge is 0.475 e. The Kier molecular flexibility index (Phi) is 7.15. The standard InChI is InChI=1S/C20H25N7O2.C2HF3O2/c21-13-1-3-14(4-2-13)23-16-9-17(24-15-5-6-15)27-19(25-16)12(10-22-27)7-11-8-18(28)26-20(11)29;3-2(4,5)1(6)7/h7,9-10,13-15,24H,1-6,8,21H2,(H,23,25)(H,26,28,29);(H,6,7)/b11-7+;. The second-order valence-corrected chi connectivity index (χ2v) is 9.06. The highest BCUT2D eigenvalue weighted by molar-refractivity contribution is 6.15. The molecule has 0 bridgehead atoms. The zero-order valence-corrected chi connectivity index (χ0v) is 19.1. The number of alkyl halides is 3. The molecule has 2 aromatic heterocycles. The Morgan fingerprint density at radius 1 is 1.14 bits per heavy atom. The molecule has 0 aromatic carbocycles. The number of nitrogens with one attached hydrogen (secondary N) is 3. The Balaban J connectivity index is 0.000000384. The number of carbonyl (C=O) groups excluding carboxylic acids is 2. The SMILES string of the molecule is NC1CCC(Nc2cc(NC3CC3)n3ncc(/C=C4\CC(=O)NC4=O)c3n2)CC1.O=C(O)C(F)(F)F. The average molecular weight is 509 g/mol. The van der Waals surface area contributed by atoms with Gasteiger partial charge in [-0.25, -0.2) is 9.78 Å². The molecule has 0 atom stereocenters. The summed E-state index contributed by atoms with van der Waals surface area (Å²) < 4.78 is 33.5. The van der Waals surface area contributed by atoms with E-state index in [1.165, 1.54) is 0 Å². The number of hydrogen-bond acceptors (Lipinski definition) is 8. The number of carboxylic acids is 1. The van der Waals surface area contributed by atoms with Gasteiger partial charge in [0.25, 0.3) is 5.91 Å². The van der Waals surface area contributed by atoms with Crippen molar-refractivity contribution in [3.8, 4) is 0 Å². The summed E-state index contributed by atoms with van der Waals surface area (Å²) in [5.74, 6) is -1.72. The topological polar surface area (TPSA) is 164 Å². The number of anilines is 2. The molecule has 0 spiro atoms. The zero-order chi connectivity index (χ0) is 26.0. The largest absolute Gasteiger partial charge is 0.490 e. The zero-order valence-electron chi connectivity index (χ0n) is 19.1. The molecule has 2 aliphatic carbocycles. The first kappa shape index (κ1) is 25.4. The average Bonchev–Trinajstić information content (AvgIpc) is 3.43. The molecule has 2 aromatic rings. The maximum absolute atomic E-state index is 11.9. The number of fused-ring (bicyclic) bond motifs is 1. The van der Waals surface area contributed by atoms with Gasteiger partial charge in [0.05, 0.1) is 12.6 Å². The maximum Gasteiger partial charge on any atom is 0.490 e. The van der Waals surface area contributed by atoms with E-state index < -0.39 is 12.1 Å². The van der Waals surface area contributed by atoms with Crippen LogP contribution in [0.15, 0.2) is 17.8 Å². The van der Waals surface area contributed by atoms with Crippen LogP contribution in [0.25, 0.3) is 11.7 Å². The summed E-state index contributed by atoms with van der Waals surface area (Å²) in [5.41, 5.74) is 7.84. The van der Waals surface area contributed by atoms with Gasteiger partial charge < -0.3 is 21.5 Å². The van der Waals surface area contributed by atoms with Gasteiger partial charge >= 0.3 is 12.1 Å². The normalized spacial score (nSPS) is 23.3. The molecule has 2 saturated carbocycles. The van der Waals surface area contributed by atoms with Crippen molar-refractivity contribution in [1.82, 2.24) is 19.9 Å². The van der Waals surface area contributed by atoms with E-state index in [2.05, 4.69) is 21.0 Å². The van der Waals surface area contributed by atoms with E-state index in [9.17, 15) is 22.8 Å². The van der Waals surface area contributed by atoms with Crippen molar-refractivity contribution >= 4 is 41.1 Å². The van der Waals surface area contributed by atoms with Gasteiger partial charge in [-0.15, -0.1) is 0 Å². The van der Waals surface area contributed by atoms with E-state index in [1.807, 2.05) is 6.07 Å². The number of hydrogen-bond donors (Lipinski definition) is 5. The third kappa shape index (κ3) is 6.30. The summed E-state index contributed by atoms with van der Waals surface area (Å²) in [6.07, 6.45) is 4.77. The third-order valence-electron chi connectivity index (χ3n) is 6.02. The highest BCUT2D eigenvalue weighted by atomic mass is 19.4. The van der Waals surface area contributed by atoms with Gasteiger partial charge in [-0.1, -0.05) is 0 Å². The van der Waals surface area contributed by atoms with Crippen molar-refractivity contribution in [2.24, 2.45) is 5.73 Å². The number of amides is 2. The number of carboxylic acid groups (broad SMARTS) is 1. The number of rotatable bonds is 5. The fraction of sp³-hybridized carbons (Fsp3) is 0.500. The summed E-state index contributed by atoms with van der Waals surface area (Å²) in [5, 5.41) is 21.0. The van der Waals surface area contributed by atoms with Crippen molar-refractivity contribution in [3.05, 3.63) is 23.4 Å². The van der Waals surface area contributed by atoms with Gasteiger partial charge in [-0.05, 0) is 44.6 Å². The van der Waals surface area contributed by atoms with E-state index in [0.29, 0.717) is 29.3 Å². The summed E-state index contributed by atoms with van der Waals surface area (Å²) in [6.45, 7) is 0. The predicted octanol–water partition coefficient (Wildman–Crippen LogP) is 2.05. The number of halogens is 3. The minimum atomic E-state index is -5.08. The Morgan fingerprint density at radius 3 is 2.31 bits per heavy atom. The van der Waals surface area contributed by atoms with Crippen LogP contribution >= 0.6 is 0 Å². The molecule has 2 amide bonds. The van der Waals surface area contributed by atoms with E-state index >= 15 is 0 Å². The molecule has 0 unspecified atom stereocenters. The van der Waals surface area contributed by atoms with Gasteiger partial charge in [0.15, 0.2) is 5.65 Å². The molecule has 3 heterocycles. The number of nitrogens with zero attached hydrogens (tertiary/aromatic N) is 3. The summed E-state index contributed by atoms with van der Waals surface area (Å²) in [6, 6.07) is 3.10. The number of nitrogens with two attached hydrogens (primary N) is 1. The minimum Gasteiger partial charge on any atom is -0.475 e. The lowest BCUT2D eigenvalue weighted by Gasteiger charge is -2.27. The molecule has 1 saturated heterocycles. The monoisotopic (exact) mass is 509 g/mol. The molecule has 3 fully saturated rings. The number of aliphatic carboxylic acids is 1. The quantitative estimate of drug-likeness (QED) is 0.300. The Labute approximate surface area is 203 Å². The number of aromatic nitrogens is 3. The highest BCUT2D eigenvalue weighted by Gasteiger charge is 2.38. The molecule has 1 aliphatic heterocycles. The van der Waals surface area contributed by atoms with Crippen LogP contribution in [0.3, 0.4) is 0 Å². The third-order valence-corrected chi connectivity index (χ3v) is 6.02. The predicted molar refractivity (Wildman–Crippen MR) is 123 cm³/mol. The van der Waals surface area contributed by atoms with Crippen molar-refractivity contribution in [1.29, 1.82) is 0 Å². The number of carbonyl (C=O) groups is 3. The Bertz CT molecular complexity index is 1200. The molecule has 36 heavy (non-hydrogen) atoms. The van der Waals surface area contributed by atoms with Gasteiger partial charge in [-0.2, -0.15) is 22.8 Å². The second kappa shape index (κ2) is 10.1. The summed E-state index contributed by atoms with van der Waals surface area (Å²) in [4.78, 5) is 37.1. The fourth-order valence-electron chi connectivity index (χ4n) is 3.98. The summed E-state index contributed by atoms with van der Waals surface area (Å²) in [7, 11) is 0. The van der Waals surface area contributed by atoms with E-state index in [1.54, 1.807) is 16.8 Å². The molecule has 14 heteroatoms. The van der Waals surface area contributed by atoms with E-state index in [4.69, 9.17) is 20.6 Å². The summed E-state index contributed by atoms with van der Waals surface area (Å²) >= 11 is 0. The van der Waals surface area contributed by atoms with Crippen LogP contribution in [0, 0.1) is 0 Å². The van der Waals surface area contributed by atoms with Crippen LogP contribution in [-0.4, -0.2) is 61.8 Å². The number of imide groups is 1. The molecule has 3 aliphatic rings. The Morgan fingerprint density at radius 2 is 1.75 bits per heavy atom. The first-order chi connectivity index (χ1) is 17.0. The van der Waals surface area contributed by atoms with Crippen LogP contribution in [-0.2, 0) is 14.4 Å². The van der Waals surface area contributed by atoms with E-state index in [0.717, 1.165) is 55.7 Å². The first-order valence-electron chi connectivity index (χ1n) is 11.5. The van der Waals surface area contributed by atoms with E-state index in [-0.39, 0.29) is 18.2 Å². The van der Waals surface area contributed by atoms with Crippen LogP contribution in [0.5, 0.6) is 0 Å². The van der Waals surface area contributed by atoms with Gasteiger partial charge in [-0.3, -0.25) is 14.9 Å². The first-order valence-corrected chi connectivity index (χ1v) is 11.5. The van der Waals surface area contributed by atoms with Gasteiger partial charge in [0.2, 0.25) is 5.91 Å². The molecule has 0 radical (unpaired) electrons. The molecule has 6 N–H and O–H groups in total. The fourth-order valence-corrected chi connectivity index (χ4v) is 3.98. The second-order valence-electron chi connectivity index (χ2n) is 9.06. The molecule has 11 nitrogen and oxygen atoms in total. The van der Waals surface area contributed by atoms with Gasteiger partial charge in [0, 0.05) is 35.3 Å². The van der Waals surface area contributed by atoms with Crippen molar-refractivity contribution in [3.63, 3.8) is 0 Å². The lowest BCUT2D eigenvalue weighted by atomic mass is 9.92. The molecular formula is C22H26F3N7O4. The van der Waals surface area contributed by atoms with Crippen molar-refractivity contribution in [2.75, 3.05) is 10.6 Å². The van der Waals surface area contributed by atoms with Crippen LogP contribution in [0.1, 0.15) is 50.5 Å². The lowest BCUT2D eigenvalue weighted by molar-refractivity contribution is -0.192. The maximum atomic E-state index is 11.9. The van der Waals surface area contributed by atoms with Crippen molar-refractivity contribution < 1.29 is 32.7 Å². The minimum absolute atomic E-state index is 0.0869. The van der Waals surface area contributed by atoms with Crippen LogP contribution < -0.4 is 21.7 Å². The Hall–Kier alpha value is -3.68. The molecular weight excluding hydrogens is 483 g/mol. The highest BCUT2D eigenvalue weighted by Crippen LogP contribution is 2.29.